The maximum atomic E-state index is 6.38. The van der Waals surface area contributed by atoms with Crippen LogP contribution in [0.2, 0.25) is 0 Å². The van der Waals surface area contributed by atoms with Crippen molar-refractivity contribution < 1.29 is 9.47 Å². The fourth-order valence-electron chi connectivity index (χ4n) is 6.40. The number of allylic oxidation sites excluding steroid dienone is 3. The molecule has 43 heavy (non-hydrogen) atoms. The van der Waals surface area contributed by atoms with Gasteiger partial charge in [0.15, 0.2) is 0 Å². The molecule has 0 spiro atoms. The summed E-state index contributed by atoms with van der Waals surface area (Å²) in [5.41, 5.74) is 9.66. The van der Waals surface area contributed by atoms with E-state index < -0.39 is 11.1 Å². The Morgan fingerprint density at radius 3 is 1.95 bits per heavy atom. The first kappa shape index (κ1) is 30.1. The topological polar surface area (TPSA) is 43.2 Å². The first-order valence-electron chi connectivity index (χ1n) is 14.8. The predicted molar refractivity (Wildman–Crippen MR) is 186 cm³/mol. The van der Waals surface area contributed by atoms with E-state index in [1.165, 1.54) is 33.4 Å². The van der Waals surface area contributed by atoms with Crippen LogP contribution in [0.15, 0.2) is 94.4 Å². The fraction of sp³-hybridized carbons (Fsp3) is 0.351. The summed E-state index contributed by atoms with van der Waals surface area (Å²) in [5, 5.41) is 0. The third-order valence-electron chi connectivity index (χ3n) is 8.83. The van der Waals surface area contributed by atoms with Crippen LogP contribution in [0.4, 0.5) is 0 Å². The molecule has 0 aromatic heterocycles. The minimum atomic E-state index is -0.430. The molecule has 6 heteroatoms. The number of alkyl halides is 2. The van der Waals surface area contributed by atoms with Gasteiger partial charge in [-0.1, -0.05) is 98.6 Å². The molecule has 2 aliphatic heterocycles. The molecular formula is C37H38Br2N2O2. The Hall–Kier alpha value is -2.96. The summed E-state index contributed by atoms with van der Waals surface area (Å²) in [6.45, 7) is 13.9. The lowest BCUT2D eigenvalue weighted by atomic mass is 9.85. The fourth-order valence-corrected chi connectivity index (χ4v) is 7.35. The molecule has 0 radical (unpaired) electrons. The Morgan fingerprint density at radius 1 is 0.744 bits per heavy atom. The zero-order chi connectivity index (χ0) is 30.6. The highest BCUT2D eigenvalue weighted by atomic mass is 79.9. The monoisotopic (exact) mass is 700 g/mol. The number of benzene rings is 3. The number of aryl methyl sites for hydroxylation is 3. The Labute approximate surface area is 272 Å². The quantitative estimate of drug-likeness (QED) is 0.241. The van der Waals surface area contributed by atoms with Gasteiger partial charge in [-0.25, -0.2) is 9.98 Å². The number of aliphatic imine (C=N–C) groups is 2. The van der Waals surface area contributed by atoms with Gasteiger partial charge in [-0.3, -0.25) is 0 Å². The van der Waals surface area contributed by atoms with Crippen molar-refractivity contribution in [3.63, 3.8) is 0 Å². The third kappa shape index (κ3) is 5.81. The van der Waals surface area contributed by atoms with Crippen LogP contribution in [0.3, 0.4) is 0 Å². The minimum Gasteiger partial charge on any atom is -0.475 e. The summed E-state index contributed by atoms with van der Waals surface area (Å²) in [6, 6.07) is 23.5. The number of hydrogen-bond donors (Lipinski definition) is 0. The molecule has 0 fully saturated rings. The lowest BCUT2D eigenvalue weighted by molar-refractivity contribution is 0.194. The third-order valence-corrected chi connectivity index (χ3v) is 11.5. The SMILES string of the molecule is Cc1ccccc1C1=CC(Br)C(C)(Br)C(C2=N[C@](C)(C[C@]3(C)COC(c4cc(-c5ccccc5C)ccc4C)=N3)CO2)=C1. The van der Waals surface area contributed by atoms with E-state index in [0.717, 1.165) is 16.7 Å². The second-order valence-electron chi connectivity index (χ2n) is 12.9. The Kier molecular flexibility index (Phi) is 7.83. The number of nitrogens with zero attached hydrogens (tertiary/aromatic N) is 2. The summed E-state index contributed by atoms with van der Waals surface area (Å²) in [5.74, 6) is 1.40. The number of rotatable bonds is 6. The van der Waals surface area contributed by atoms with Crippen molar-refractivity contribution in [1.29, 1.82) is 0 Å². The smallest absolute Gasteiger partial charge is 0.217 e. The minimum absolute atomic E-state index is 0.0688. The Balaban J connectivity index is 1.28. The predicted octanol–water partition coefficient (Wildman–Crippen LogP) is 9.33. The number of ether oxygens (including phenoxy) is 2. The van der Waals surface area contributed by atoms with Gasteiger partial charge in [-0.05, 0) is 92.6 Å². The largest absolute Gasteiger partial charge is 0.475 e. The molecule has 0 saturated heterocycles. The van der Waals surface area contributed by atoms with Gasteiger partial charge in [-0.15, -0.1) is 0 Å². The van der Waals surface area contributed by atoms with Crippen molar-refractivity contribution in [2.75, 3.05) is 13.2 Å². The van der Waals surface area contributed by atoms with E-state index >= 15 is 0 Å². The van der Waals surface area contributed by atoms with Crippen LogP contribution >= 0.6 is 31.9 Å². The zero-order valence-corrected chi connectivity index (χ0v) is 28.8. The molecule has 222 valence electrons. The molecule has 6 rings (SSSR count). The normalized spacial score (nSPS) is 28.4. The number of halogens is 2. The molecule has 0 saturated carbocycles. The van der Waals surface area contributed by atoms with Gasteiger partial charge in [0.2, 0.25) is 11.8 Å². The van der Waals surface area contributed by atoms with Gasteiger partial charge < -0.3 is 9.47 Å². The summed E-state index contributed by atoms with van der Waals surface area (Å²) in [6.07, 6.45) is 5.20. The lowest BCUT2D eigenvalue weighted by Gasteiger charge is -2.33. The Bertz CT molecular complexity index is 1720. The van der Waals surface area contributed by atoms with Crippen LogP contribution < -0.4 is 0 Å². The molecule has 2 heterocycles. The van der Waals surface area contributed by atoms with E-state index in [9.17, 15) is 0 Å². The highest BCUT2D eigenvalue weighted by molar-refractivity contribution is 9.12. The van der Waals surface area contributed by atoms with Crippen LogP contribution in [-0.2, 0) is 9.47 Å². The molecular weight excluding hydrogens is 664 g/mol. The Morgan fingerprint density at radius 2 is 1.30 bits per heavy atom. The van der Waals surface area contributed by atoms with Crippen molar-refractivity contribution in [3.8, 4) is 11.1 Å². The second-order valence-corrected chi connectivity index (χ2v) is 15.5. The van der Waals surface area contributed by atoms with Crippen LogP contribution in [-0.4, -0.2) is 45.2 Å². The average molecular weight is 703 g/mol. The van der Waals surface area contributed by atoms with E-state index in [0.29, 0.717) is 31.4 Å². The van der Waals surface area contributed by atoms with Crippen molar-refractivity contribution in [2.24, 2.45) is 9.98 Å². The molecule has 3 aromatic rings. The highest BCUT2D eigenvalue weighted by Crippen LogP contribution is 2.45. The van der Waals surface area contributed by atoms with Crippen molar-refractivity contribution in [1.82, 2.24) is 0 Å². The molecule has 0 amide bonds. The van der Waals surface area contributed by atoms with Gasteiger partial charge in [0.1, 0.15) is 13.2 Å². The van der Waals surface area contributed by atoms with Crippen LogP contribution in [0, 0.1) is 20.8 Å². The summed E-state index contributed by atoms with van der Waals surface area (Å²) >= 11 is 7.91. The molecule has 3 aliphatic rings. The van der Waals surface area contributed by atoms with Crippen molar-refractivity contribution in [2.45, 2.75) is 68.2 Å². The molecule has 3 aromatic carbocycles. The average Bonchev–Trinajstić information content (AvgIpc) is 3.53. The molecule has 1 aliphatic carbocycles. The second kappa shape index (κ2) is 11.2. The van der Waals surface area contributed by atoms with Crippen molar-refractivity contribution in [3.05, 3.63) is 112 Å². The summed E-state index contributed by atoms with van der Waals surface area (Å²) in [4.78, 5) is 10.5. The molecule has 2 unspecified atom stereocenters. The lowest BCUT2D eigenvalue weighted by Crippen LogP contribution is -2.37. The summed E-state index contributed by atoms with van der Waals surface area (Å²) in [7, 11) is 0. The highest BCUT2D eigenvalue weighted by Gasteiger charge is 2.46. The molecule has 4 atom stereocenters. The van der Waals surface area contributed by atoms with Gasteiger partial charge in [0.05, 0.1) is 20.2 Å². The number of hydrogen-bond acceptors (Lipinski definition) is 4. The first-order valence-corrected chi connectivity index (χ1v) is 16.5. The van der Waals surface area contributed by atoms with Crippen LogP contribution in [0.1, 0.15) is 55.0 Å². The standard InChI is InChI=1S/C37H38Br2N2O2/c1-23-11-7-9-13-28(23)26-16-15-25(3)30(17-26)33-40-35(4,21-42-33)20-36(5)22-43-34(41-36)31-18-27(19-32(38)37(31,6)39)29-14-10-8-12-24(29)2/h7-19,32H,20-22H2,1-6H3/t32?,35-,36-,37?/m1/s1. The van der Waals surface area contributed by atoms with E-state index in [1.807, 2.05) is 0 Å². The van der Waals surface area contributed by atoms with Crippen LogP contribution in [0.25, 0.3) is 16.7 Å². The first-order chi connectivity index (χ1) is 20.4. The van der Waals surface area contributed by atoms with E-state index in [1.54, 1.807) is 0 Å². The van der Waals surface area contributed by atoms with Crippen LogP contribution in [0.5, 0.6) is 0 Å². The maximum Gasteiger partial charge on any atom is 0.217 e. The van der Waals surface area contributed by atoms with E-state index in [4.69, 9.17) is 19.5 Å². The molecule has 4 nitrogen and oxygen atoms in total. The van der Waals surface area contributed by atoms with Gasteiger partial charge in [-0.2, -0.15) is 0 Å². The van der Waals surface area contributed by atoms with E-state index in [-0.39, 0.29) is 9.15 Å². The van der Waals surface area contributed by atoms with Gasteiger partial charge >= 0.3 is 0 Å². The molecule has 0 bridgehead atoms. The maximum absolute atomic E-state index is 6.38. The van der Waals surface area contributed by atoms with Gasteiger partial charge in [0.25, 0.3) is 0 Å². The zero-order valence-electron chi connectivity index (χ0n) is 25.7. The summed E-state index contributed by atoms with van der Waals surface area (Å²) < 4.78 is 12.3. The van der Waals surface area contributed by atoms with E-state index in [2.05, 4.69) is 152 Å². The molecule has 0 N–H and O–H groups in total. The van der Waals surface area contributed by atoms with Crippen molar-refractivity contribution >= 4 is 49.2 Å². The van der Waals surface area contributed by atoms with Gasteiger partial charge in [0, 0.05) is 17.6 Å².